The van der Waals surface area contributed by atoms with E-state index in [1.165, 1.54) is 0 Å². The molecule has 0 heterocycles. The molecule has 2 N–H and O–H groups in total. The molecule has 0 aliphatic carbocycles. The molecule has 116 valence electrons. The lowest BCUT2D eigenvalue weighted by Crippen LogP contribution is -2.27. The van der Waals surface area contributed by atoms with Crippen LogP contribution in [-0.2, 0) is 9.53 Å². The number of nitrogens with one attached hydrogen (secondary N) is 1. The van der Waals surface area contributed by atoms with Crippen LogP contribution < -0.4 is 5.32 Å². The van der Waals surface area contributed by atoms with Crippen LogP contribution in [0.3, 0.4) is 0 Å². The topological polar surface area (TPSA) is 75.6 Å². The highest BCUT2D eigenvalue weighted by atomic mass is 16.6. The van der Waals surface area contributed by atoms with Gasteiger partial charge in [0.1, 0.15) is 5.60 Å². The van der Waals surface area contributed by atoms with Gasteiger partial charge in [-0.15, -0.1) is 0 Å². The Morgan fingerprint density at radius 2 is 1.95 bits per heavy atom. The third kappa shape index (κ3) is 5.10. The zero-order valence-electron chi connectivity index (χ0n) is 13.2. The van der Waals surface area contributed by atoms with E-state index in [-0.39, 0.29) is 0 Å². The first-order valence-corrected chi connectivity index (χ1v) is 6.97. The Morgan fingerprint density at radius 3 is 2.38 bits per heavy atom. The summed E-state index contributed by atoms with van der Waals surface area (Å²) in [5.74, 6) is -1.37. The second-order valence-electron chi connectivity index (χ2n) is 6.00. The fraction of sp³-hybridized carbons (Fsp3) is 0.500. The fourth-order valence-electron chi connectivity index (χ4n) is 2.01. The smallest absolute Gasteiger partial charge is 0.412 e. The summed E-state index contributed by atoms with van der Waals surface area (Å²) in [5.41, 5.74) is 1.60. The van der Waals surface area contributed by atoms with Gasteiger partial charge in [-0.3, -0.25) is 10.1 Å². The minimum absolute atomic E-state index is 0.521. The minimum Gasteiger partial charge on any atom is -0.481 e. The van der Waals surface area contributed by atoms with Crippen LogP contribution in [0.25, 0.3) is 0 Å². The Bertz CT molecular complexity index is 532. The lowest BCUT2D eigenvalue weighted by Gasteiger charge is -2.20. The summed E-state index contributed by atoms with van der Waals surface area (Å²) >= 11 is 0. The van der Waals surface area contributed by atoms with Crippen molar-refractivity contribution in [2.24, 2.45) is 0 Å². The van der Waals surface area contributed by atoms with Crippen LogP contribution in [0.15, 0.2) is 18.2 Å². The lowest BCUT2D eigenvalue weighted by atomic mass is 9.95. The largest absolute Gasteiger partial charge is 0.481 e. The fourth-order valence-corrected chi connectivity index (χ4v) is 2.01. The van der Waals surface area contributed by atoms with Crippen molar-refractivity contribution in [3.63, 3.8) is 0 Å². The Kier molecular flexibility index (Phi) is 5.35. The van der Waals surface area contributed by atoms with Gasteiger partial charge in [-0.05, 0) is 51.3 Å². The number of hydrogen-bond acceptors (Lipinski definition) is 3. The van der Waals surface area contributed by atoms with Gasteiger partial charge in [-0.1, -0.05) is 19.1 Å². The maximum atomic E-state index is 11.7. The quantitative estimate of drug-likeness (QED) is 0.882. The van der Waals surface area contributed by atoms with Crippen molar-refractivity contribution in [2.75, 3.05) is 5.32 Å². The van der Waals surface area contributed by atoms with E-state index in [1.807, 2.05) is 13.8 Å². The van der Waals surface area contributed by atoms with Gasteiger partial charge >= 0.3 is 12.1 Å². The number of anilines is 1. The molecule has 1 aromatic rings. The van der Waals surface area contributed by atoms with Crippen molar-refractivity contribution >= 4 is 17.7 Å². The van der Waals surface area contributed by atoms with Crippen molar-refractivity contribution in [3.8, 4) is 0 Å². The zero-order valence-corrected chi connectivity index (χ0v) is 13.2. The second-order valence-corrected chi connectivity index (χ2v) is 6.00. The van der Waals surface area contributed by atoms with Crippen LogP contribution in [-0.4, -0.2) is 22.8 Å². The molecule has 1 amide bonds. The SMILES string of the molecule is CCC(C(=O)O)c1ccc(NC(=O)OC(C)(C)C)c(C)c1. The normalized spacial score (nSPS) is 12.6. The van der Waals surface area contributed by atoms with Crippen molar-refractivity contribution in [2.45, 2.75) is 52.6 Å². The standard InChI is InChI=1S/C16H23NO4/c1-6-12(14(18)19)11-7-8-13(10(2)9-11)17-15(20)21-16(3,4)5/h7-9,12H,6H2,1-5H3,(H,17,20)(H,18,19). The van der Waals surface area contributed by atoms with Crippen molar-refractivity contribution in [1.82, 2.24) is 0 Å². The van der Waals surface area contributed by atoms with Gasteiger partial charge in [0.05, 0.1) is 5.92 Å². The average molecular weight is 293 g/mol. The number of aryl methyl sites for hydroxylation is 1. The van der Waals surface area contributed by atoms with Gasteiger partial charge in [-0.2, -0.15) is 0 Å². The number of benzene rings is 1. The molecule has 21 heavy (non-hydrogen) atoms. The maximum Gasteiger partial charge on any atom is 0.412 e. The summed E-state index contributed by atoms with van der Waals surface area (Å²) in [5, 5.41) is 11.8. The second kappa shape index (κ2) is 6.61. The molecule has 0 aromatic heterocycles. The third-order valence-corrected chi connectivity index (χ3v) is 2.99. The zero-order chi connectivity index (χ0) is 16.2. The molecule has 0 radical (unpaired) electrons. The van der Waals surface area contributed by atoms with E-state index in [4.69, 9.17) is 4.74 Å². The average Bonchev–Trinajstić information content (AvgIpc) is 2.30. The molecular formula is C16H23NO4. The van der Waals surface area contributed by atoms with Crippen LogP contribution in [0, 0.1) is 6.92 Å². The summed E-state index contributed by atoms with van der Waals surface area (Å²) in [6, 6.07) is 5.22. The number of carbonyl (C=O) groups excluding carboxylic acids is 1. The molecule has 0 saturated heterocycles. The number of carboxylic acid groups (broad SMARTS) is 1. The molecule has 5 nitrogen and oxygen atoms in total. The Balaban J connectivity index is 2.88. The Morgan fingerprint density at radius 1 is 1.33 bits per heavy atom. The molecule has 0 bridgehead atoms. The molecule has 5 heteroatoms. The van der Waals surface area contributed by atoms with E-state index in [0.29, 0.717) is 12.1 Å². The summed E-state index contributed by atoms with van der Waals surface area (Å²) < 4.78 is 5.19. The minimum atomic E-state index is -0.843. The van der Waals surface area contributed by atoms with Gasteiger partial charge in [0.2, 0.25) is 0 Å². The number of carboxylic acids is 1. The van der Waals surface area contributed by atoms with Gasteiger partial charge in [0.15, 0.2) is 0 Å². The summed E-state index contributed by atoms with van der Waals surface area (Å²) in [7, 11) is 0. The highest BCUT2D eigenvalue weighted by Crippen LogP contribution is 2.25. The van der Waals surface area contributed by atoms with E-state index in [9.17, 15) is 14.7 Å². The Hall–Kier alpha value is -2.04. The Labute approximate surface area is 125 Å². The first-order valence-electron chi connectivity index (χ1n) is 6.97. The van der Waals surface area contributed by atoms with Crippen LogP contribution in [0.2, 0.25) is 0 Å². The summed E-state index contributed by atoms with van der Waals surface area (Å²) in [6.45, 7) is 9.04. The number of aliphatic carboxylic acids is 1. The van der Waals surface area contributed by atoms with Crippen molar-refractivity contribution < 1.29 is 19.4 Å². The van der Waals surface area contributed by atoms with E-state index in [1.54, 1.807) is 39.0 Å². The van der Waals surface area contributed by atoms with Gasteiger partial charge in [0, 0.05) is 5.69 Å². The number of rotatable bonds is 4. The molecule has 0 spiro atoms. The third-order valence-electron chi connectivity index (χ3n) is 2.99. The van der Waals surface area contributed by atoms with Crippen molar-refractivity contribution in [3.05, 3.63) is 29.3 Å². The molecule has 0 aliphatic rings. The molecule has 0 saturated carbocycles. The van der Waals surface area contributed by atoms with Crippen LogP contribution in [0.4, 0.5) is 10.5 Å². The molecule has 1 unspecified atom stereocenters. The first kappa shape index (κ1) is 17.0. The van der Waals surface area contributed by atoms with Crippen LogP contribution in [0.5, 0.6) is 0 Å². The molecule has 1 aromatic carbocycles. The molecule has 0 fully saturated rings. The predicted octanol–water partition coefficient (Wildman–Crippen LogP) is 3.92. The van der Waals surface area contributed by atoms with E-state index in [2.05, 4.69) is 5.32 Å². The molecule has 1 atom stereocenters. The number of ether oxygens (including phenoxy) is 1. The van der Waals surface area contributed by atoms with Crippen molar-refractivity contribution in [1.29, 1.82) is 0 Å². The lowest BCUT2D eigenvalue weighted by molar-refractivity contribution is -0.138. The van der Waals surface area contributed by atoms with E-state index >= 15 is 0 Å². The van der Waals surface area contributed by atoms with Crippen LogP contribution in [0.1, 0.15) is 51.2 Å². The monoisotopic (exact) mass is 293 g/mol. The first-order chi connectivity index (χ1) is 9.64. The summed E-state index contributed by atoms with van der Waals surface area (Å²) in [4.78, 5) is 22.9. The highest BCUT2D eigenvalue weighted by Gasteiger charge is 2.19. The molecular weight excluding hydrogens is 270 g/mol. The predicted molar refractivity (Wildman–Crippen MR) is 81.7 cm³/mol. The number of amides is 1. The highest BCUT2D eigenvalue weighted by molar-refractivity contribution is 5.86. The van der Waals surface area contributed by atoms with Gasteiger partial charge in [-0.25, -0.2) is 4.79 Å². The van der Waals surface area contributed by atoms with Gasteiger partial charge < -0.3 is 9.84 Å². The van der Waals surface area contributed by atoms with Crippen LogP contribution >= 0.6 is 0 Å². The molecule has 0 aliphatic heterocycles. The number of hydrogen-bond donors (Lipinski definition) is 2. The van der Waals surface area contributed by atoms with E-state index < -0.39 is 23.6 Å². The molecule has 1 rings (SSSR count). The number of carbonyl (C=O) groups is 2. The van der Waals surface area contributed by atoms with Gasteiger partial charge in [0.25, 0.3) is 0 Å². The summed E-state index contributed by atoms with van der Waals surface area (Å²) in [6.07, 6.45) is -0.00298. The van der Waals surface area contributed by atoms with E-state index in [0.717, 1.165) is 11.1 Å². The maximum absolute atomic E-state index is 11.7.